The zero-order valence-corrected chi connectivity index (χ0v) is 12.6. The van der Waals surface area contributed by atoms with Crippen LogP contribution in [0.15, 0.2) is 0 Å². The number of piperidine rings is 1. The van der Waals surface area contributed by atoms with Gasteiger partial charge in [0.2, 0.25) is 5.88 Å². The van der Waals surface area contributed by atoms with E-state index in [1.165, 1.54) is 0 Å². The van der Waals surface area contributed by atoms with Crippen molar-refractivity contribution in [2.24, 2.45) is 5.84 Å². The number of hydrazine groups is 1. The van der Waals surface area contributed by atoms with Gasteiger partial charge in [-0.05, 0) is 33.2 Å². The highest BCUT2D eigenvalue weighted by molar-refractivity contribution is 5.47. The average Bonchev–Trinajstić information content (AvgIpc) is 2.45. The van der Waals surface area contributed by atoms with Crippen molar-refractivity contribution < 1.29 is 4.74 Å². The molecule has 0 radical (unpaired) electrons. The summed E-state index contributed by atoms with van der Waals surface area (Å²) in [5.74, 6) is 7.65. The third kappa shape index (κ3) is 3.58. The molecule has 0 bridgehead atoms. The van der Waals surface area contributed by atoms with Crippen LogP contribution in [0.3, 0.4) is 0 Å². The summed E-state index contributed by atoms with van der Waals surface area (Å²) >= 11 is 0. The van der Waals surface area contributed by atoms with Crippen LogP contribution in [0.25, 0.3) is 0 Å². The minimum Gasteiger partial charge on any atom is -0.474 e. The molecule has 6 heteroatoms. The Morgan fingerprint density at radius 3 is 2.65 bits per heavy atom. The van der Waals surface area contributed by atoms with Gasteiger partial charge in [-0.25, -0.2) is 10.8 Å². The lowest BCUT2D eigenvalue weighted by Crippen LogP contribution is -2.36. The number of rotatable bonds is 5. The van der Waals surface area contributed by atoms with Gasteiger partial charge >= 0.3 is 0 Å². The van der Waals surface area contributed by atoms with E-state index in [2.05, 4.69) is 34.3 Å². The number of aryl methyl sites for hydroxylation is 1. The highest BCUT2D eigenvalue weighted by Crippen LogP contribution is 2.25. The lowest BCUT2D eigenvalue weighted by molar-refractivity contribution is 0.109. The second kappa shape index (κ2) is 6.85. The van der Waals surface area contributed by atoms with Crippen molar-refractivity contribution in [3.63, 3.8) is 0 Å². The molecule has 0 aromatic carbocycles. The minimum absolute atomic E-state index is 0.236. The van der Waals surface area contributed by atoms with Gasteiger partial charge in [0.25, 0.3) is 0 Å². The van der Waals surface area contributed by atoms with Gasteiger partial charge in [0.1, 0.15) is 17.7 Å². The van der Waals surface area contributed by atoms with Crippen LogP contribution >= 0.6 is 0 Å². The van der Waals surface area contributed by atoms with Crippen molar-refractivity contribution in [1.82, 2.24) is 14.9 Å². The van der Waals surface area contributed by atoms with Crippen molar-refractivity contribution in [2.75, 3.05) is 25.6 Å². The van der Waals surface area contributed by atoms with Crippen LogP contribution in [-0.4, -0.2) is 41.1 Å². The Kier molecular flexibility index (Phi) is 5.14. The summed E-state index contributed by atoms with van der Waals surface area (Å²) in [4.78, 5) is 11.3. The van der Waals surface area contributed by atoms with Gasteiger partial charge in [0.15, 0.2) is 0 Å². The summed E-state index contributed by atoms with van der Waals surface area (Å²) in [6.45, 7) is 6.18. The second-order valence-electron chi connectivity index (χ2n) is 5.43. The van der Waals surface area contributed by atoms with Crippen LogP contribution in [0.2, 0.25) is 0 Å². The first-order valence-corrected chi connectivity index (χ1v) is 7.33. The molecule has 0 unspecified atom stereocenters. The van der Waals surface area contributed by atoms with Gasteiger partial charge in [-0.3, -0.25) is 0 Å². The van der Waals surface area contributed by atoms with E-state index in [-0.39, 0.29) is 6.10 Å². The highest BCUT2D eigenvalue weighted by atomic mass is 16.5. The molecular weight excluding hydrogens is 254 g/mol. The number of ether oxygens (including phenoxy) is 1. The molecule has 0 aliphatic carbocycles. The number of likely N-dealkylation sites (tertiary alicyclic amines) is 1. The third-order valence-electron chi connectivity index (χ3n) is 3.70. The fourth-order valence-corrected chi connectivity index (χ4v) is 2.39. The molecule has 3 N–H and O–H groups in total. The maximum absolute atomic E-state index is 6.09. The van der Waals surface area contributed by atoms with Gasteiger partial charge in [0, 0.05) is 19.5 Å². The summed E-state index contributed by atoms with van der Waals surface area (Å²) < 4.78 is 6.09. The van der Waals surface area contributed by atoms with E-state index in [4.69, 9.17) is 10.6 Å². The molecule has 1 aromatic rings. The normalized spacial score (nSPS) is 17.2. The van der Waals surface area contributed by atoms with Crippen molar-refractivity contribution in [2.45, 2.75) is 45.6 Å². The van der Waals surface area contributed by atoms with E-state index in [0.29, 0.717) is 11.7 Å². The molecule has 1 saturated heterocycles. The number of aromatic nitrogens is 2. The van der Waals surface area contributed by atoms with E-state index in [1.54, 1.807) is 0 Å². The van der Waals surface area contributed by atoms with Crippen molar-refractivity contribution >= 4 is 5.82 Å². The van der Waals surface area contributed by atoms with Crippen LogP contribution in [0.4, 0.5) is 5.82 Å². The Hall–Kier alpha value is -1.40. The fraction of sp³-hybridized carbons (Fsp3) is 0.714. The number of anilines is 1. The molecule has 1 aromatic heterocycles. The van der Waals surface area contributed by atoms with Gasteiger partial charge in [-0.1, -0.05) is 6.92 Å². The topological polar surface area (TPSA) is 76.3 Å². The largest absolute Gasteiger partial charge is 0.474 e. The van der Waals surface area contributed by atoms with E-state index < -0.39 is 0 Å². The van der Waals surface area contributed by atoms with Crippen molar-refractivity contribution in [3.05, 3.63) is 11.4 Å². The Bertz CT molecular complexity index is 443. The molecule has 1 aliphatic rings. The van der Waals surface area contributed by atoms with Crippen LogP contribution in [0, 0.1) is 6.92 Å². The molecule has 0 amide bonds. The quantitative estimate of drug-likeness (QED) is 0.628. The molecular formula is C14H25N5O. The number of nitrogens with one attached hydrogen (secondary N) is 1. The van der Waals surface area contributed by atoms with Gasteiger partial charge < -0.3 is 15.1 Å². The number of nitrogen functional groups attached to an aromatic ring is 1. The molecule has 0 atom stereocenters. The Labute approximate surface area is 120 Å². The average molecular weight is 279 g/mol. The summed E-state index contributed by atoms with van der Waals surface area (Å²) in [5.41, 5.74) is 3.52. The van der Waals surface area contributed by atoms with Crippen LogP contribution < -0.4 is 16.0 Å². The molecule has 6 nitrogen and oxygen atoms in total. The molecule has 0 saturated carbocycles. The van der Waals surface area contributed by atoms with Gasteiger partial charge in [0.05, 0.1) is 5.56 Å². The second-order valence-corrected chi connectivity index (χ2v) is 5.43. The highest BCUT2D eigenvalue weighted by Gasteiger charge is 2.20. The predicted molar refractivity (Wildman–Crippen MR) is 79.7 cm³/mol. The maximum atomic E-state index is 6.09. The Morgan fingerprint density at radius 2 is 2.05 bits per heavy atom. The number of nitrogens with two attached hydrogens (primary N) is 1. The lowest BCUT2D eigenvalue weighted by atomic mass is 10.1. The maximum Gasteiger partial charge on any atom is 0.222 e. The smallest absolute Gasteiger partial charge is 0.222 e. The monoisotopic (exact) mass is 279 g/mol. The first-order chi connectivity index (χ1) is 9.63. The summed E-state index contributed by atoms with van der Waals surface area (Å²) in [6, 6.07) is 0. The van der Waals surface area contributed by atoms with E-state index in [1.807, 2.05) is 6.92 Å². The molecule has 20 heavy (non-hydrogen) atoms. The van der Waals surface area contributed by atoms with E-state index in [0.717, 1.165) is 50.2 Å². The zero-order valence-electron chi connectivity index (χ0n) is 12.6. The van der Waals surface area contributed by atoms with E-state index >= 15 is 0 Å². The van der Waals surface area contributed by atoms with Crippen LogP contribution in [-0.2, 0) is 6.42 Å². The van der Waals surface area contributed by atoms with Gasteiger partial charge in [-0.2, -0.15) is 4.98 Å². The van der Waals surface area contributed by atoms with Gasteiger partial charge in [-0.15, -0.1) is 0 Å². The molecule has 2 rings (SSSR count). The molecule has 112 valence electrons. The van der Waals surface area contributed by atoms with Crippen LogP contribution in [0.1, 0.15) is 37.6 Å². The molecule has 1 aliphatic heterocycles. The Morgan fingerprint density at radius 1 is 1.35 bits per heavy atom. The molecule has 2 heterocycles. The summed E-state index contributed by atoms with van der Waals surface area (Å²) in [6.07, 6.45) is 4.14. The lowest BCUT2D eigenvalue weighted by Gasteiger charge is -2.29. The van der Waals surface area contributed by atoms with Crippen molar-refractivity contribution in [3.8, 4) is 5.88 Å². The van der Waals surface area contributed by atoms with Crippen LogP contribution in [0.5, 0.6) is 5.88 Å². The van der Waals surface area contributed by atoms with Crippen molar-refractivity contribution in [1.29, 1.82) is 0 Å². The summed E-state index contributed by atoms with van der Waals surface area (Å²) in [5, 5.41) is 0. The Balaban J connectivity index is 2.14. The first kappa shape index (κ1) is 15.0. The number of hydrogen-bond acceptors (Lipinski definition) is 6. The standard InChI is InChI=1S/C14H25N5O/c1-4-5-12-16-13(18-15)10(2)14(17-12)20-11-6-8-19(3)9-7-11/h11H,4-9,15H2,1-3H3,(H,16,17,18). The summed E-state index contributed by atoms with van der Waals surface area (Å²) in [7, 11) is 2.14. The third-order valence-corrected chi connectivity index (χ3v) is 3.70. The minimum atomic E-state index is 0.236. The first-order valence-electron chi connectivity index (χ1n) is 7.33. The zero-order chi connectivity index (χ0) is 14.5. The fourth-order valence-electron chi connectivity index (χ4n) is 2.39. The van der Waals surface area contributed by atoms with E-state index in [9.17, 15) is 0 Å². The predicted octanol–water partition coefficient (Wildman–Crippen LogP) is 1.50. The molecule has 1 fully saturated rings. The SMILES string of the molecule is CCCc1nc(NN)c(C)c(OC2CCN(C)CC2)n1. The number of hydrogen-bond donors (Lipinski definition) is 2. The number of nitrogens with zero attached hydrogens (tertiary/aromatic N) is 3. The molecule has 0 spiro atoms.